The third kappa shape index (κ3) is 1.99. The number of benzene rings is 1. The van der Waals surface area contributed by atoms with Crippen molar-refractivity contribution in [2.45, 2.75) is 0 Å². The van der Waals surface area contributed by atoms with Crippen molar-refractivity contribution >= 4 is 12.0 Å². The smallest absolute Gasteiger partial charge is 0.162 e. The van der Waals surface area contributed by atoms with Crippen molar-refractivity contribution in [1.29, 1.82) is 5.26 Å². The van der Waals surface area contributed by atoms with Crippen LogP contribution in [-0.2, 0) is 4.79 Å². The molecule has 1 aromatic carbocycles. The van der Waals surface area contributed by atoms with Crippen LogP contribution in [0.2, 0.25) is 0 Å². The Balaban J connectivity index is 3.24. The summed E-state index contributed by atoms with van der Waals surface area (Å²) in [7, 11) is 1.68. The van der Waals surface area contributed by atoms with E-state index in [4.69, 9.17) is 5.26 Å². The van der Waals surface area contributed by atoms with E-state index >= 15 is 0 Å². The minimum absolute atomic E-state index is 0.110. The van der Waals surface area contributed by atoms with Crippen LogP contribution in [0, 0.1) is 11.3 Å². The Bertz CT molecular complexity index is 387. The molecule has 1 N–H and O–H groups in total. The number of carbonyl (C=O) groups excluding carboxylic acids is 1. The van der Waals surface area contributed by atoms with Gasteiger partial charge in [0.2, 0.25) is 0 Å². The fourth-order valence-electron chi connectivity index (χ4n) is 1.18. The van der Waals surface area contributed by atoms with E-state index in [1.807, 2.05) is 36.4 Å². The molecule has 0 atom stereocenters. The van der Waals surface area contributed by atoms with Crippen molar-refractivity contribution in [2.24, 2.45) is 0 Å². The van der Waals surface area contributed by atoms with Crippen LogP contribution in [0.15, 0.2) is 35.9 Å². The molecule has 0 aliphatic carbocycles. The van der Waals surface area contributed by atoms with Crippen molar-refractivity contribution in [3.63, 3.8) is 0 Å². The highest BCUT2D eigenvalue weighted by atomic mass is 16.1. The first-order valence-corrected chi connectivity index (χ1v) is 4.16. The van der Waals surface area contributed by atoms with Crippen LogP contribution < -0.4 is 5.32 Å². The molecule has 3 heteroatoms. The quantitative estimate of drug-likeness (QED) is 0.440. The van der Waals surface area contributed by atoms with Gasteiger partial charge in [0.15, 0.2) is 6.29 Å². The Labute approximate surface area is 82.7 Å². The summed E-state index contributed by atoms with van der Waals surface area (Å²) in [6, 6.07) is 11.1. The van der Waals surface area contributed by atoms with Crippen LogP contribution in [0.5, 0.6) is 0 Å². The number of nitrogens with one attached hydrogen (secondary N) is 1. The molecule has 0 aliphatic heterocycles. The van der Waals surface area contributed by atoms with Gasteiger partial charge in [-0.15, -0.1) is 0 Å². The van der Waals surface area contributed by atoms with E-state index in [1.165, 1.54) is 0 Å². The first-order chi connectivity index (χ1) is 6.83. The first kappa shape index (κ1) is 10.0. The molecule has 0 radical (unpaired) electrons. The molecule has 3 nitrogen and oxygen atoms in total. The van der Waals surface area contributed by atoms with Gasteiger partial charge in [-0.1, -0.05) is 30.3 Å². The van der Waals surface area contributed by atoms with Crippen molar-refractivity contribution in [3.05, 3.63) is 41.5 Å². The fraction of sp³-hybridized carbons (Fsp3) is 0.0909. The largest absolute Gasteiger partial charge is 0.386 e. The van der Waals surface area contributed by atoms with E-state index in [2.05, 4.69) is 5.32 Å². The predicted octanol–water partition coefficient (Wildman–Crippen LogP) is 1.34. The summed E-state index contributed by atoms with van der Waals surface area (Å²) in [5.41, 5.74) is 1.50. The molecule has 0 aliphatic rings. The highest BCUT2D eigenvalue weighted by Gasteiger charge is 2.05. The summed E-state index contributed by atoms with van der Waals surface area (Å²) in [6.45, 7) is 0. The highest BCUT2D eigenvalue weighted by molar-refractivity contribution is 5.91. The second-order valence-corrected chi connectivity index (χ2v) is 2.63. The van der Waals surface area contributed by atoms with E-state index in [1.54, 1.807) is 7.05 Å². The number of hydrogen-bond acceptors (Lipinski definition) is 3. The van der Waals surface area contributed by atoms with Crippen LogP contribution in [-0.4, -0.2) is 13.3 Å². The maximum absolute atomic E-state index is 10.6. The molecule has 0 aromatic heterocycles. The van der Waals surface area contributed by atoms with Crippen molar-refractivity contribution < 1.29 is 4.79 Å². The van der Waals surface area contributed by atoms with Gasteiger partial charge in [-0.2, -0.15) is 5.26 Å². The molecule has 70 valence electrons. The van der Waals surface area contributed by atoms with Gasteiger partial charge in [-0.05, 0) is 5.56 Å². The van der Waals surface area contributed by atoms with E-state index in [9.17, 15) is 4.79 Å². The number of nitriles is 1. The second kappa shape index (κ2) is 4.83. The van der Waals surface area contributed by atoms with Crippen molar-refractivity contribution in [2.75, 3.05) is 7.05 Å². The standard InChI is InChI=1S/C11H10N2O/c1-13-11(10(7-12)8-14)9-5-3-2-4-6-9/h2-6,8,13H,1H3/b11-10-. The molecule has 0 unspecified atom stereocenters. The number of nitrogens with zero attached hydrogens (tertiary/aromatic N) is 1. The summed E-state index contributed by atoms with van der Waals surface area (Å²) in [6.07, 6.45) is 0.554. The molecule has 0 heterocycles. The molecule has 0 amide bonds. The molecule has 0 bridgehead atoms. The lowest BCUT2D eigenvalue weighted by molar-refractivity contribution is -0.104. The topological polar surface area (TPSA) is 52.9 Å². The summed E-state index contributed by atoms with van der Waals surface area (Å²) in [5, 5.41) is 11.6. The zero-order valence-corrected chi connectivity index (χ0v) is 7.82. The minimum atomic E-state index is 0.110. The molecule has 0 spiro atoms. The third-order valence-corrected chi connectivity index (χ3v) is 1.82. The lowest BCUT2D eigenvalue weighted by Crippen LogP contribution is -2.08. The SMILES string of the molecule is CN/C(=C(/C#N)C=O)c1ccccc1. The van der Waals surface area contributed by atoms with E-state index in [0.29, 0.717) is 12.0 Å². The Morgan fingerprint density at radius 3 is 2.50 bits per heavy atom. The van der Waals surface area contributed by atoms with E-state index < -0.39 is 0 Å². The van der Waals surface area contributed by atoms with Gasteiger partial charge in [0.25, 0.3) is 0 Å². The molecular weight excluding hydrogens is 176 g/mol. The zero-order chi connectivity index (χ0) is 10.4. The normalized spacial score (nSPS) is 11.1. The monoisotopic (exact) mass is 186 g/mol. The third-order valence-electron chi connectivity index (χ3n) is 1.82. The summed E-state index contributed by atoms with van der Waals surface area (Å²) >= 11 is 0. The lowest BCUT2D eigenvalue weighted by Gasteiger charge is -2.06. The van der Waals surface area contributed by atoms with Gasteiger partial charge in [0.1, 0.15) is 11.6 Å². The summed E-state index contributed by atoms with van der Waals surface area (Å²) in [4.78, 5) is 10.6. The Morgan fingerprint density at radius 2 is 2.07 bits per heavy atom. The molecular formula is C11H10N2O. The van der Waals surface area contributed by atoms with Crippen molar-refractivity contribution in [1.82, 2.24) is 5.32 Å². The average molecular weight is 186 g/mol. The number of hydrogen-bond donors (Lipinski definition) is 1. The minimum Gasteiger partial charge on any atom is -0.386 e. The Hall–Kier alpha value is -2.08. The summed E-state index contributed by atoms with van der Waals surface area (Å²) in [5.74, 6) is 0. The first-order valence-electron chi connectivity index (χ1n) is 4.16. The van der Waals surface area contributed by atoms with Gasteiger partial charge < -0.3 is 5.32 Å². The molecule has 14 heavy (non-hydrogen) atoms. The molecule has 0 saturated carbocycles. The van der Waals surface area contributed by atoms with Gasteiger partial charge in [0.05, 0.1) is 5.70 Å². The second-order valence-electron chi connectivity index (χ2n) is 2.63. The van der Waals surface area contributed by atoms with Crippen LogP contribution in [0.4, 0.5) is 0 Å². The maximum Gasteiger partial charge on any atom is 0.162 e. The lowest BCUT2D eigenvalue weighted by atomic mass is 10.1. The Morgan fingerprint density at radius 1 is 1.43 bits per heavy atom. The van der Waals surface area contributed by atoms with E-state index in [-0.39, 0.29) is 5.57 Å². The van der Waals surface area contributed by atoms with Gasteiger partial charge in [0, 0.05) is 7.05 Å². The number of allylic oxidation sites excluding steroid dienone is 1. The highest BCUT2D eigenvalue weighted by Crippen LogP contribution is 2.13. The molecule has 0 fully saturated rings. The fourth-order valence-corrected chi connectivity index (χ4v) is 1.18. The van der Waals surface area contributed by atoms with Crippen LogP contribution in [0.3, 0.4) is 0 Å². The van der Waals surface area contributed by atoms with Gasteiger partial charge in [-0.3, -0.25) is 4.79 Å². The zero-order valence-electron chi connectivity index (χ0n) is 7.82. The van der Waals surface area contributed by atoms with Crippen LogP contribution >= 0.6 is 0 Å². The number of rotatable bonds is 3. The molecule has 1 rings (SSSR count). The van der Waals surface area contributed by atoms with E-state index in [0.717, 1.165) is 5.56 Å². The summed E-state index contributed by atoms with van der Waals surface area (Å²) < 4.78 is 0. The predicted molar refractivity (Wildman–Crippen MR) is 54.1 cm³/mol. The van der Waals surface area contributed by atoms with Gasteiger partial charge in [-0.25, -0.2) is 0 Å². The van der Waals surface area contributed by atoms with Gasteiger partial charge >= 0.3 is 0 Å². The Kier molecular flexibility index (Phi) is 3.45. The number of carbonyl (C=O) groups is 1. The molecule has 0 saturated heterocycles. The van der Waals surface area contributed by atoms with Crippen LogP contribution in [0.25, 0.3) is 5.70 Å². The average Bonchev–Trinajstić information content (AvgIpc) is 2.27. The molecule has 1 aromatic rings. The maximum atomic E-state index is 10.6. The van der Waals surface area contributed by atoms with Crippen LogP contribution in [0.1, 0.15) is 5.56 Å². The van der Waals surface area contributed by atoms with Crippen molar-refractivity contribution in [3.8, 4) is 6.07 Å². The number of aldehydes is 1.